The molecule has 0 aliphatic rings. The number of rotatable bonds is 8. The Balaban J connectivity index is 0.000000250. The van der Waals surface area contributed by atoms with E-state index in [4.69, 9.17) is 9.47 Å². The molecule has 0 heterocycles. The van der Waals surface area contributed by atoms with E-state index < -0.39 is 11.5 Å². The van der Waals surface area contributed by atoms with Crippen molar-refractivity contribution in [2.45, 2.75) is 74.3 Å². The van der Waals surface area contributed by atoms with E-state index in [0.29, 0.717) is 39.3 Å². The minimum atomic E-state index is -0.686. The lowest BCUT2D eigenvalue weighted by molar-refractivity contribution is 0.0631. The van der Waals surface area contributed by atoms with Crippen molar-refractivity contribution in [2.75, 3.05) is 14.2 Å². The lowest BCUT2D eigenvalue weighted by Gasteiger charge is -2.28. The Hall–Kier alpha value is -4.03. The average molecular weight is 631 g/mol. The van der Waals surface area contributed by atoms with Gasteiger partial charge >= 0.3 is 0 Å². The summed E-state index contributed by atoms with van der Waals surface area (Å²) in [5.41, 5.74) is 4.78. The molecule has 0 fully saturated rings. The van der Waals surface area contributed by atoms with Gasteiger partial charge in [0.1, 0.15) is 23.1 Å². The van der Waals surface area contributed by atoms with Crippen molar-refractivity contribution in [3.8, 4) is 33.8 Å². The highest BCUT2D eigenvalue weighted by Gasteiger charge is 2.28. The zero-order chi connectivity index (χ0) is 34.4. The summed E-state index contributed by atoms with van der Waals surface area (Å²) in [7, 11) is 3.10. The van der Waals surface area contributed by atoms with Crippen molar-refractivity contribution < 1.29 is 28.2 Å². The SMILES string of the molecule is CCc1ccc(-c2cc(OC)ccc2F)c(C(=O)C(C)(C)C)c1.CCc1ccc(-c2cc(OC)ccc2F)c(C(O)C(C)(C)C)c1. The third-order valence-corrected chi connectivity index (χ3v) is 7.98. The molecule has 4 nitrogen and oxygen atoms in total. The highest BCUT2D eigenvalue weighted by atomic mass is 19.1. The van der Waals surface area contributed by atoms with Crippen LogP contribution >= 0.6 is 0 Å². The van der Waals surface area contributed by atoms with E-state index in [1.807, 2.05) is 84.9 Å². The molecule has 0 radical (unpaired) electrons. The number of carbonyl (C=O) groups is 1. The first kappa shape index (κ1) is 36.4. The molecule has 1 N–H and O–H groups in total. The summed E-state index contributed by atoms with van der Waals surface area (Å²) in [5, 5.41) is 10.8. The van der Waals surface area contributed by atoms with Gasteiger partial charge in [0, 0.05) is 22.1 Å². The van der Waals surface area contributed by atoms with Crippen LogP contribution in [0.25, 0.3) is 22.3 Å². The fourth-order valence-corrected chi connectivity index (χ4v) is 5.08. The zero-order valence-corrected chi connectivity index (χ0v) is 28.8. The first-order valence-corrected chi connectivity index (χ1v) is 15.7. The third-order valence-electron chi connectivity index (χ3n) is 7.98. The number of aryl methyl sites for hydroxylation is 2. The molecule has 4 aromatic rings. The number of hydrogen-bond donors (Lipinski definition) is 1. The molecule has 0 aliphatic heterocycles. The van der Waals surface area contributed by atoms with Crippen LogP contribution in [0.1, 0.15) is 88.5 Å². The maximum atomic E-state index is 14.4. The summed E-state index contributed by atoms with van der Waals surface area (Å²) in [6.45, 7) is 15.6. The van der Waals surface area contributed by atoms with E-state index in [2.05, 4.69) is 6.92 Å². The second-order valence-corrected chi connectivity index (χ2v) is 13.5. The van der Waals surface area contributed by atoms with Crippen molar-refractivity contribution in [2.24, 2.45) is 10.8 Å². The normalized spacial score (nSPS) is 12.2. The molecule has 1 atom stereocenters. The summed E-state index contributed by atoms with van der Waals surface area (Å²) in [6, 6.07) is 20.7. The van der Waals surface area contributed by atoms with Crippen LogP contribution in [0, 0.1) is 22.5 Å². The molecule has 246 valence electrons. The Kier molecular flexibility index (Phi) is 11.9. The Morgan fingerprint density at radius 1 is 0.674 bits per heavy atom. The standard InChI is InChI=1S/C20H25FO2.C20H23FO2/c2*1-6-13-7-9-15(17(11-13)19(22)20(2,3)4)16-12-14(23-5)8-10-18(16)21/h7-12,19,22H,6H2,1-5H3;7-12H,6H2,1-5H3. The molecule has 0 bridgehead atoms. The van der Waals surface area contributed by atoms with E-state index in [1.54, 1.807) is 38.5 Å². The molecule has 0 aliphatic carbocycles. The Morgan fingerprint density at radius 2 is 1.13 bits per heavy atom. The number of halogens is 2. The summed E-state index contributed by atoms with van der Waals surface area (Å²) in [6.07, 6.45) is 1.00. The van der Waals surface area contributed by atoms with Gasteiger partial charge in [-0.3, -0.25) is 4.79 Å². The quantitative estimate of drug-likeness (QED) is 0.197. The molecule has 4 aromatic carbocycles. The van der Waals surface area contributed by atoms with Gasteiger partial charge in [-0.15, -0.1) is 0 Å². The van der Waals surface area contributed by atoms with Gasteiger partial charge in [-0.25, -0.2) is 8.78 Å². The predicted octanol–water partition coefficient (Wildman–Crippen LogP) is 10.4. The van der Waals surface area contributed by atoms with Gasteiger partial charge < -0.3 is 14.6 Å². The van der Waals surface area contributed by atoms with Crippen molar-refractivity contribution in [1.29, 1.82) is 0 Å². The largest absolute Gasteiger partial charge is 0.497 e. The van der Waals surface area contributed by atoms with Crippen LogP contribution in [0.4, 0.5) is 8.78 Å². The predicted molar refractivity (Wildman–Crippen MR) is 184 cm³/mol. The molecular formula is C40H48F2O4. The topological polar surface area (TPSA) is 55.8 Å². The molecule has 46 heavy (non-hydrogen) atoms. The molecule has 0 saturated carbocycles. The van der Waals surface area contributed by atoms with Gasteiger partial charge in [0.15, 0.2) is 5.78 Å². The first-order valence-electron chi connectivity index (χ1n) is 15.7. The second kappa shape index (κ2) is 15.0. The fraction of sp³-hybridized carbons (Fsp3) is 0.375. The number of ketones is 1. The number of carbonyl (C=O) groups excluding carboxylic acids is 1. The van der Waals surface area contributed by atoms with E-state index in [9.17, 15) is 18.7 Å². The smallest absolute Gasteiger partial charge is 0.168 e. The Labute approximate surface area is 273 Å². The van der Waals surface area contributed by atoms with Crippen LogP contribution < -0.4 is 9.47 Å². The van der Waals surface area contributed by atoms with Crippen molar-refractivity contribution in [3.05, 3.63) is 107 Å². The van der Waals surface area contributed by atoms with Crippen LogP contribution in [0.15, 0.2) is 72.8 Å². The van der Waals surface area contributed by atoms with Crippen LogP contribution in [-0.4, -0.2) is 25.1 Å². The number of aliphatic hydroxyl groups is 1. The monoisotopic (exact) mass is 630 g/mol. The summed E-state index contributed by atoms with van der Waals surface area (Å²) >= 11 is 0. The van der Waals surface area contributed by atoms with Crippen molar-refractivity contribution in [3.63, 3.8) is 0 Å². The van der Waals surface area contributed by atoms with Crippen LogP contribution in [0.5, 0.6) is 11.5 Å². The average Bonchev–Trinajstić information content (AvgIpc) is 3.03. The van der Waals surface area contributed by atoms with Crippen molar-refractivity contribution in [1.82, 2.24) is 0 Å². The molecule has 0 saturated heterocycles. The maximum Gasteiger partial charge on any atom is 0.168 e. The Morgan fingerprint density at radius 3 is 1.57 bits per heavy atom. The number of benzene rings is 4. The van der Waals surface area contributed by atoms with Gasteiger partial charge in [-0.2, -0.15) is 0 Å². The van der Waals surface area contributed by atoms with E-state index in [0.717, 1.165) is 29.5 Å². The summed E-state index contributed by atoms with van der Waals surface area (Å²) in [4.78, 5) is 12.8. The van der Waals surface area contributed by atoms with E-state index >= 15 is 0 Å². The number of methoxy groups -OCH3 is 2. The maximum absolute atomic E-state index is 14.4. The highest BCUT2D eigenvalue weighted by molar-refractivity contribution is 6.05. The van der Waals surface area contributed by atoms with Crippen LogP contribution in [0.3, 0.4) is 0 Å². The molecule has 0 amide bonds. The second-order valence-electron chi connectivity index (χ2n) is 13.5. The van der Waals surface area contributed by atoms with Gasteiger partial charge in [0.25, 0.3) is 0 Å². The minimum Gasteiger partial charge on any atom is -0.497 e. The minimum absolute atomic E-state index is 0.00465. The summed E-state index contributed by atoms with van der Waals surface area (Å²) < 4.78 is 39.1. The molecule has 6 heteroatoms. The number of aliphatic hydroxyl groups excluding tert-OH is 1. The lowest BCUT2D eigenvalue weighted by Crippen LogP contribution is -2.21. The van der Waals surface area contributed by atoms with Crippen molar-refractivity contribution >= 4 is 5.78 Å². The van der Waals surface area contributed by atoms with Gasteiger partial charge in [-0.05, 0) is 88.5 Å². The first-order chi connectivity index (χ1) is 21.5. The van der Waals surface area contributed by atoms with Gasteiger partial charge in [-0.1, -0.05) is 85.7 Å². The summed E-state index contributed by atoms with van der Waals surface area (Å²) in [5.74, 6) is 0.479. The van der Waals surface area contributed by atoms with Gasteiger partial charge in [0.2, 0.25) is 0 Å². The Bertz CT molecular complexity index is 1660. The molecule has 0 aromatic heterocycles. The highest BCUT2D eigenvalue weighted by Crippen LogP contribution is 2.40. The molecular weight excluding hydrogens is 582 g/mol. The third kappa shape index (κ3) is 8.61. The molecule has 0 spiro atoms. The van der Waals surface area contributed by atoms with Crippen LogP contribution in [0.2, 0.25) is 0 Å². The van der Waals surface area contributed by atoms with E-state index in [1.165, 1.54) is 12.1 Å². The number of ether oxygens (including phenoxy) is 2. The molecule has 1 unspecified atom stereocenters. The zero-order valence-electron chi connectivity index (χ0n) is 28.8. The number of Topliss-reactive ketones (excluding diaryl/α,β-unsaturated/α-hetero) is 1. The fourth-order valence-electron chi connectivity index (χ4n) is 5.08. The van der Waals surface area contributed by atoms with Gasteiger partial charge in [0.05, 0.1) is 20.3 Å². The van der Waals surface area contributed by atoms with E-state index in [-0.39, 0.29) is 22.8 Å². The van der Waals surface area contributed by atoms with Crippen LogP contribution in [-0.2, 0) is 12.8 Å². The number of hydrogen-bond acceptors (Lipinski definition) is 4. The lowest BCUT2D eigenvalue weighted by atomic mass is 9.81. The molecule has 4 rings (SSSR count).